The summed E-state index contributed by atoms with van der Waals surface area (Å²) >= 11 is 0. The van der Waals surface area contributed by atoms with Gasteiger partial charge in [0.15, 0.2) is 11.6 Å². The number of benzene rings is 1. The second-order valence-corrected chi connectivity index (χ2v) is 14.4. The van der Waals surface area contributed by atoms with Crippen LogP contribution < -0.4 is 10.5 Å². The minimum Gasteiger partial charge on any atom is -0.511 e. The van der Waals surface area contributed by atoms with E-state index in [0.29, 0.717) is 17.8 Å². The fraction of sp³-hybridized carbons (Fsp3) is 0.528. The van der Waals surface area contributed by atoms with Crippen LogP contribution in [0.25, 0.3) is 0 Å². The number of hydrogen-bond donors (Lipinski definition) is 6. The summed E-state index contributed by atoms with van der Waals surface area (Å²) in [6.07, 6.45) is 4.84. The molecule has 47 heavy (non-hydrogen) atoms. The third kappa shape index (κ3) is 5.10. The number of fused-ring (bicyclic) bond motifs is 2. The lowest BCUT2D eigenvalue weighted by molar-refractivity contribution is -0.318. The van der Waals surface area contributed by atoms with Gasteiger partial charge in [-0.3, -0.25) is 9.59 Å². The molecular weight excluding hydrogens is 604 g/mol. The van der Waals surface area contributed by atoms with Crippen LogP contribution in [0.4, 0.5) is 5.82 Å². The maximum Gasteiger partial charge on any atom is 0.229 e. The fourth-order valence-electron chi connectivity index (χ4n) is 9.28. The van der Waals surface area contributed by atoms with E-state index >= 15 is 0 Å². The number of ether oxygens (including phenoxy) is 2. The molecule has 250 valence electrons. The molecule has 1 aromatic carbocycles. The number of nitrogens with zero attached hydrogens (tertiary/aromatic N) is 1. The van der Waals surface area contributed by atoms with Gasteiger partial charge in [0.1, 0.15) is 41.2 Å². The van der Waals surface area contributed by atoms with E-state index in [-0.39, 0.29) is 40.3 Å². The maximum atomic E-state index is 13.8. The molecule has 2 saturated carbocycles. The average molecular weight is 647 g/mol. The van der Waals surface area contributed by atoms with Crippen molar-refractivity contribution in [2.24, 2.45) is 17.3 Å². The van der Waals surface area contributed by atoms with Crippen molar-refractivity contribution in [1.82, 2.24) is 4.98 Å². The monoisotopic (exact) mass is 646 g/mol. The van der Waals surface area contributed by atoms with E-state index in [9.17, 15) is 35.1 Å². The fourth-order valence-corrected chi connectivity index (χ4v) is 9.28. The number of aliphatic hydroxyl groups excluding tert-OH is 4. The lowest BCUT2D eigenvalue weighted by Gasteiger charge is -2.51. The minimum absolute atomic E-state index is 0.0691. The van der Waals surface area contributed by atoms with E-state index in [4.69, 9.17) is 15.2 Å². The molecule has 1 aromatic heterocycles. The van der Waals surface area contributed by atoms with Crippen molar-refractivity contribution < 1.29 is 44.6 Å². The largest absolute Gasteiger partial charge is 0.511 e. The van der Waals surface area contributed by atoms with Crippen LogP contribution in [0.2, 0.25) is 0 Å². The summed E-state index contributed by atoms with van der Waals surface area (Å²) in [5, 5.41) is 56.7. The van der Waals surface area contributed by atoms with E-state index in [1.807, 2.05) is 6.07 Å². The van der Waals surface area contributed by atoms with Crippen molar-refractivity contribution in [3.05, 3.63) is 76.7 Å². The molecule has 3 fully saturated rings. The molecule has 2 aromatic rings. The summed E-state index contributed by atoms with van der Waals surface area (Å²) in [6.45, 7) is 1.05. The van der Waals surface area contributed by atoms with Crippen LogP contribution in [-0.4, -0.2) is 78.9 Å². The van der Waals surface area contributed by atoms with Gasteiger partial charge in [-0.1, -0.05) is 36.6 Å². The number of Topliss-reactive ketones (excluding diaryl/α,β-unsaturated/α-hetero) is 2. The van der Waals surface area contributed by atoms with E-state index in [0.717, 1.165) is 44.1 Å². The Bertz CT molecular complexity index is 1670. The van der Waals surface area contributed by atoms with Crippen molar-refractivity contribution in [3.8, 4) is 5.75 Å². The molecule has 11 nitrogen and oxygen atoms in total. The number of allylic oxidation sites excluding steroid dienone is 4. The van der Waals surface area contributed by atoms with E-state index in [1.165, 1.54) is 24.3 Å². The molecule has 5 aliphatic rings. The number of nitrogen functional groups attached to an aromatic ring is 1. The first-order chi connectivity index (χ1) is 22.4. The number of aromatic nitrogens is 1. The topological polar surface area (TPSA) is 193 Å². The molecule has 0 bridgehead atoms. The van der Waals surface area contributed by atoms with Gasteiger partial charge in [-0.25, -0.2) is 4.98 Å². The summed E-state index contributed by atoms with van der Waals surface area (Å²) in [6, 6.07) is 8.14. The number of carbonyl (C=O) groups excluding carboxylic acids is 2. The SMILES string of the molecule is CC1=C[C@@H]2C(=O)c3cccc(O[C@@H]4O[C@H](CO)[C@@H](O)[C@@](O)(C[C@]5(c6ccnc(N)c6)CCC6(CCCC6)C5)[C@H]4O)c3C(=O)[C@@H]2C(O)=C1. The van der Waals surface area contributed by atoms with Gasteiger partial charge >= 0.3 is 0 Å². The second kappa shape index (κ2) is 11.5. The predicted octanol–water partition coefficient (Wildman–Crippen LogP) is 3.30. The zero-order valence-corrected chi connectivity index (χ0v) is 26.3. The highest BCUT2D eigenvalue weighted by Gasteiger charge is 2.61. The Labute approximate surface area is 272 Å². The Morgan fingerprint density at radius 3 is 2.55 bits per heavy atom. The Hall–Kier alpha value is -3.61. The number of rotatable bonds is 6. The van der Waals surface area contributed by atoms with Crippen LogP contribution in [0.5, 0.6) is 5.75 Å². The number of pyridine rings is 1. The summed E-state index contributed by atoms with van der Waals surface area (Å²) in [5.74, 6) is -2.86. The Balaban J connectivity index is 1.25. The van der Waals surface area contributed by atoms with Gasteiger partial charge in [0.2, 0.25) is 6.29 Å². The zero-order chi connectivity index (χ0) is 33.3. The second-order valence-electron chi connectivity index (χ2n) is 14.4. The summed E-state index contributed by atoms with van der Waals surface area (Å²) in [5.41, 5.74) is 4.85. The molecule has 1 spiro atoms. The van der Waals surface area contributed by atoms with Gasteiger partial charge in [-0.15, -0.1) is 0 Å². The molecule has 7 N–H and O–H groups in total. The number of ketones is 2. The normalized spacial score (nSPS) is 36.1. The highest BCUT2D eigenvalue weighted by molar-refractivity contribution is 6.19. The van der Waals surface area contributed by atoms with Crippen molar-refractivity contribution >= 4 is 17.4 Å². The van der Waals surface area contributed by atoms with Crippen LogP contribution in [0, 0.1) is 17.3 Å². The lowest BCUT2D eigenvalue weighted by atomic mass is 9.65. The van der Waals surface area contributed by atoms with Crippen LogP contribution in [0.1, 0.15) is 84.6 Å². The average Bonchev–Trinajstić information content (AvgIpc) is 3.66. The third-order valence-corrected chi connectivity index (χ3v) is 11.5. The maximum absolute atomic E-state index is 13.8. The summed E-state index contributed by atoms with van der Waals surface area (Å²) in [7, 11) is 0. The van der Waals surface area contributed by atoms with Gasteiger partial charge in [0.05, 0.1) is 24.0 Å². The zero-order valence-electron chi connectivity index (χ0n) is 26.3. The Kier molecular flexibility index (Phi) is 7.84. The van der Waals surface area contributed by atoms with Crippen molar-refractivity contribution in [1.29, 1.82) is 0 Å². The molecule has 8 atom stereocenters. The van der Waals surface area contributed by atoms with Gasteiger partial charge in [0.25, 0.3) is 0 Å². The molecule has 0 amide bonds. The standard InChI is InChI=1S/C36H42N2O9/c1-19-13-22-27(23(40)14-19)30(42)28-21(29(22)41)5-4-6-24(28)46-33-32(44)36(45,31(43)25(16-39)47-33)18-35(20-7-12-38-26(37)15-20)11-10-34(17-35)8-2-3-9-34/h4-7,12-15,22,25,27,31-33,39-40,43-45H,2-3,8-11,16-18H2,1H3,(H2,37,38)/t22-,25+,27-,31+,32-,33+,35-,36-/m0/s1. The van der Waals surface area contributed by atoms with Crippen LogP contribution >= 0.6 is 0 Å². The van der Waals surface area contributed by atoms with E-state index in [1.54, 1.807) is 25.3 Å². The van der Waals surface area contributed by atoms with Gasteiger partial charge in [0, 0.05) is 11.8 Å². The first-order valence-electron chi connectivity index (χ1n) is 16.4. The van der Waals surface area contributed by atoms with Gasteiger partial charge in [-0.2, -0.15) is 0 Å². The van der Waals surface area contributed by atoms with Crippen LogP contribution in [0.15, 0.2) is 60.0 Å². The molecule has 1 saturated heterocycles. The van der Waals surface area contributed by atoms with Crippen molar-refractivity contribution in [3.63, 3.8) is 0 Å². The quantitative estimate of drug-likeness (QED) is 0.270. The highest BCUT2D eigenvalue weighted by Crippen LogP contribution is 2.61. The highest BCUT2D eigenvalue weighted by atomic mass is 16.7. The molecule has 7 rings (SSSR count). The first kappa shape index (κ1) is 32.0. The van der Waals surface area contributed by atoms with Gasteiger partial charge < -0.3 is 40.7 Å². The lowest BCUT2D eigenvalue weighted by Crippen LogP contribution is -2.69. The van der Waals surface area contributed by atoms with Crippen LogP contribution in [-0.2, 0) is 10.2 Å². The van der Waals surface area contributed by atoms with E-state index < -0.39 is 59.8 Å². The minimum atomic E-state index is -2.22. The first-order valence-corrected chi connectivity index (χ1v) is 16.4. The third-order valence-electron chi connectivity index (χ3n) is 11.5. The number of hydrogen-bond acceptors (Lipinski definition) is 11. The number of nitrogens with two attached hydrogens (primary N) is 1. The smallest absolute Gasteiger partial charge is 0.229 e. The van der Waals surface area contributed by atoms with Crippen molar-refractivity contribution in [2.45, 2.75) is 93.9 Å². The van der Waals surface area contributed by atoms with Crippen molar-refractivity contribution in [2.75, 3.05) is 12.3 Å². The number of carbonyl (C=O) groups is 2. The number of aliphatic hydroxyl groups is 5. The van der Waals surface area contributed by atoms with Crippen LogP contribution in [0.3, 0.4) is 0 Å². The number of anilines is 1. The predicted molar refractivity (Wildman–Crippen MR) is 170 cm³/mol. The Morgan fingerprint density at radius 2 is 1.83 bits per heavy atom. The molecule has 0 unspecified atom stereocenters. The Morgan fingerprint density at radius 1 is 1.06 bits per heavy atom. The summed E-state index contributed by atoms with van der Waals surface area (Å²) < 4.78 is 12.0. The molecular formula is C36H42N2O9. The summed E-state index contributed by atoms with van der Waals surface area (Å²) in [4.78, 5) is 31.5. The molecule has 2 heterocycles. The molecule has 1 aliphatic heterocycles. The molecule has 11 heteroatoms. The molecule has 4 aliphatic carbocycles. The van der Waals surface area contributed by atoms with E-state index in [2.05, 4.69) is 4.98 Å². The van der Waals surface area contributed by atoms with Gasteiger partial charge in [-0.05, 0) is 86.1 Å². The molecule has 0 radical (unpaired) electrons.